The minimum atomic E-state index is -4.37. The zero-order valence-electron chi connectivity index (χ0n) is 9.83. The van der Waals surface area contributed by atoms with Gasteiger partial charge in [-0.1, -0.05) is 0 Å². The molecule has 1 N–H and O–H groups in total. The number of hydrogen-bond donors (Lipinski definition) is 1. The van der Waals surface area contributed by atoms with E-state index in [1.807, 2.05) is 0 Å². The van der Waals surface area contributed by atoms with Gasteiger partial charge in [0.2, 0.25) is 0 Å². The van der Waals surface area contributed by atoms with E-state index in [-0.39, 0.29) is 18.8 Å². The molecule has 2 aromatic rings. The fourth-order valence-corrected chi connectivity index (χ4v) is 1.67. The summed E-state index contributed by atoms with van der Waals surface area (Å²) in [6.07, 6.45) is -1.38. The van der Waals surface area contributed by atoms with Crippen molar-refractivity contribution in [2.45, 2.75) is 12.6 Å². The fourth-order valence-electron chi connectivity index (χ4n) is 1.67. The largest absolute Gasteiger partial charge is 0.411 e. The van der Waals surface area contributed by atoms with Crippen LogP contribution in [-0.2, 0) is 4.74 Å². The number of rotatable bonds is 5. The van der Waals surface area contributed by atoms with Crippen molar-refractivity contribution in [2.24, 2.45) is 0 Å². The number of ketones is 1. The summed E-state index contributed by atoms with van der Waals surface area (Å²) in [5.41, 5.74) is 0.987. The Morgan fingerprint density at radius 3 is 2.95 bits per heavy atom. The number of pyridine rings is 1. The van der Waals surface area contributed by atoms with Gasteiger partial charge in [0, 0.05) is 29.8 Å². The molecule has 0 aliphatic rings. The zero-order valence-corrected chi connectivity index (χ0v) is 9.83. The van der Waals surface area contributed by atoms with Gasteiger partial charge in [0.05, 0.1) is 6.61 Å². The molecule has 0 atom stereocenters. The molecule has 0 saturated heterocycles. The van der Waals surface area contributed by atoms with Crippen molar-refractivity contribution in [3.63, 3.8) is 0 Å². The number of aromatic nitrogens is 2. The highest BCUT2D eigenvalue weighted by Gasteiger charge is 2.27. The maximum absolute atomic E-state index is 11.8. The summed E-state index contributed by atoms with van der Waals surface area (Å²) in [6.45, 7) is -1.60. The van der Waals surface area contributed by atoms with Crippen LogP contribution in [0.5, 0.6) is 0 Å². The van der Waals surface area contributed by atoms with Crippen LogP contribution in [0.2, 0.25) is 0 Å². The quantitative estimate of drug-likeness (QED) is 0.672. The lowest BCUT2D eigenvalue weighted by Gasteiger charge is -2.06. The van der Waals surface area contributed by atoms with E-state index in [0.29, 0.717) is 16.6 Å². The maximum Gasteiger partial charge on any atom is 0.411 e. The average molecular weight is 272 g/mol. The van der Waals surface area contributed by atoms with Gasteiger partial charge in [-0.25, -0.2) is 4.98 Å². The number of carbonyl (C=O) groups excluding carboxylic acids is 1. The normalized spacial score (nSPS) is 11.9. The lowest BCUT2D eigenvalue weighted by molar-refractivity contribution is -0.173. The molecule has 7 heteroatoms. The van der Waals surface area contributed by atoms with Gasteiger partial charge in [-0.2, -0.15) is 13.2 Å². The Kier molecular flexibility index (Phi) is 3.84. The molecule has 0 bridgehead atoms. The second kappa shape index (κ2) is 5.40. The predicted molar refractivity (Wildman–Crippen MR) is 61.9 cm³/mol. The Morgan fingerprint density at radius 2 is 2.21 bits per heavy atom. The number of halogens is 3. The third-order valence-corrected chi connectivity index (χ3v) is 2.49. The van der Waals surface area contributed by atoms with E-state index in [1.54, 1.807) is 18.3 Å². The highest BCUT2D eigenvalue weighted by molar-refractivity contribution is 6.07. The second-order valence-corrected chi connectivity index (χ2v) is 3.94. The Labute approximate surface area is 106 Å². The number of aromatic amines is 1. The monoisotopic (exact) mass is 272 g/mol. The van der Waals surface area contributed by atoms with Crippen molar-refractivity contribution < 1.29 is 22.7 Å². The van der Waals surface area contributed by atoms with E-state index in [1.165, 1.54) is 6.20 Å². The van der Waals surface area contributed by atoms with Gasteiger partial charge in [-0.05, 0) is 12.1 Å². The van der Waals surface area contributed by atoms with Crippen molar-refractivity contribution in [1.82, 2.24) is 9.97 Å². The summed E-state index contributed by atoms with van der Waals surface area (Å²) in [6, 6.07) is 3.41. The van der Waals surface area contributed by atoms with Crippen LogP contribution < -0.4 is 0 Å². The number of nitrogens with zero attached hydrogens (tertiary/aromatic N) is 1. The zero-order chi connectivity index (χ0) is 13.9. The first-order chi connectivity index (χ1) is 8.97. The van der Waals surface area contributed by atoms with E-state index in [9.17, 15) is 18.0 Å². The first-order valence-electron chi connectivity index (χ1n) is 5.57. The van der Waals surface area contributed by atoms with Crippen molar-refractivity contribution >= 4 is 16.8 Å². The van der Waals surface area contributed by atoms with E-state index in [4.69, 9.17) is 0 Å². The van der Waals surface area contributed by atoms with E-state index >= 15 is 0 Å². The molecule has 0 fully saturated rings. The number of Topliss-reactive ketones (excluding diaryl/α,β-unsaturated/α-hetero) is 1. The highest BCUT2D eigenvalue weighted by atomic mass is 19.4. The standard InChI is InChI=1S/C12H11F3N2O2/c13-12(14,15)7-19-5-3-10(18)9-6-17-11-8(9)2-1-4-16-11/h1-2,4,6H,3,5,7H2,(H,16,17). The van der Waals surface area contributed by atoms with Crippen molar-refractivity contribution in [2.75, 3.05) is 13.2 Å². The summed E-state index contributed by atoms with van der Waals surface area (Å²) >= 11 is 0. The summed E-state index contributed by atoms with van der Waals surface area (Å²) in [5.74, 6) is -0.276. The topological polar surface area (TPSA) is 55.0 Å². The van der Waals surface area contributed by atoms with Gasteiger partial charge in [-0.15, -0.1) is 0 Å². The summed E-state index contributed by atoms with van der Waals surface area (Å²) in [4.78, 5) is 18.7. The summed E-state index contributed by atoms with van der Waals surface area (Å²) in [5, 5.41) is 0.656. The number of carbonyl (C=O) groups is 1. The van der Waals surface area contributed by atoms with Crippen LogP contribution in [0, 0.1) is 0 Å². The molecule has 0 radical (unpaired) electrons. The third-order valence-electron chi connectivity index (χ3n) is 2.49. The summed E-state index contributed by atoms with van der Waals surface area (Å²) in [7, 11) is 0. The number of nitrogens with one attached hydrogen (secondary N) is 1. The molecular weight excluding hydrogens is 261 g/mol. The van der Waals surface area contributed by atoms with Crippen LogP contribution in [0.4, 0.5) is 13.2 Å². The van der Waals surface area contributed by atoms with Crippen LogP contribution in [0.15, 0.2) is 24.5 Å². The molecule has 0 aliphatic heterocycles. The Balaban J connectivity index is 1.93. The lowest BCUT2D eigenvalue weighted by atomic mass is 10.1. The molecule has 0 aliphatic carbocycles. The minimum absolute atomic E-state index is 0.0993. The third kappa shape index (κ3) is 3.54. The molecule has 4 nitrogen and oxygen atoms in total. The van der Waals surface area contributed by atoms with Crippen LogP contribution >= 0.6 is 0 Å². The van der Waals surface area contributed by atoms with Gasteiger partial charge in [0.1, 0.15) is 12.3 Å². The van der Waals surface area contributed by atoms with E-state index in [2.05, 4.69) is 14.7 Å². The Bertz CT molecular complexity index is 578. The smallest absolute Gasteiger partial charge is 0.372 e. The molecule has 2 heterocycles. The van der Waals surface area contributed by atoms with Crippen LogP contribution in [0.1, 0.15) is 16.8 Å². The molecule has 0 aromatic carbocycles. The second-order valence-electron chi connectivity index (χ2n) is 3.94. The number of alkyl halides is 3. The molecule has 0 saturated carbocycles. The SMILES string of the molecule is O=C(CCOCC(F)(F)F)c1c[nH]c2ncccc12. The van der Waals surface area contributed by atoms with E-state index in [0.717, 1.165) is 0 Å². The number of hydrogen-bond acceptors (Lipinski definition) is 3. The molecule has 19 heavy (non-hydrogen) atoms. The Hall–Kier alpha value is -1.89. The fraction of sp³-hybridized carbons (Fsp3) is 0.333. The van der Waals surface area contributed by atoms with Gasteiger partial charge in [-0.3, -0.25) is 4.79 Å². The van der Waals surface area contributed by atoms with Crippen molar-refractivity contribution in [1.29, 1.82) is 0 Å². The molecule has 0 spiro atoms. The molecule has 0 amide bonds. The highest BCUT2D eigenvalue weighted by Crippen LogP contribution is 2.18. The minimum Gasteiger partial charge on any atom is -0.372 e. The van der Waals surface area contributed by atoms with Crippen LogP contribution in [-0.4, -0.2) is 35.1 Å². The van der Waals surface area contributed by atoms with Crippen molar-refractivity contribution in [3.05, 3.63) is 30.1 Å². The predicted octanol–water partition coefficient (Wildman–Crippen LogP) is 2.71. The summed E-state index contributed by atoms with van der Waals surface area (Å²) < 4.78 is 39.9. The molecule has 2 rings (SSSR count). The van der Waals surface area contributed by atoms with Crippen molar-refractivity contribution in [3.8, 4) is 0 Å². The number of H-pyrrole nitrogens is 1. The van der Waals surface area contributed by atoms with Gasteiger partial charge < -0.3 is 9.72 Å². The van der Waals surface area contributed by atoms with Crippen LogP contribution in [0.3, 0.4) is 0 Å². The number of ether oxygens (including phenoxy) is 1. The van der Waals surface area contributed by atoms with E-state index < -0.39 is 12.8 Å². The van der Waals surface area contributed by atoms with Gasteiger partial charge in [0.15, 0.2) is 5.78 Å². The van der Waals surface area contributed by atoms with Crippen LogP contribution in [0.25, 0.3) is 11.0 Å². The Morgan fingerprint density at radius 1 is 1.42 bits per heavy atom. The average Bonchev–Trinajstić information content (AvgIpc) is 2.77. The molecule has 102 valence electrons. The first-order valence-corrected chi connectivity index (χ1v) is 5.57. The number of fused-ring (bicyclic) bond motifs is 1. The molecular formula is C12H11F3N2O2. The van der Waals surface area contributed by atoms with Gasteiger partial charge in [0.25, 0.3) is 0 Å². The maximum atomic E-state index is 11.8. The molecule has 0 unspecified atom stereocenters. The molecule has 2 aromatic heterocycles. The van der Waals surface area contributed by atoms with Gasteiger partial charge >= 0.3 is 6.18 Å². The lowest BCUT2D eigenvalue weighted by Crippen LogP contribution is -2.18. The first kappa shape index (κ1) is 13.5.